The van der Waals surface area contributed by atoms with E-state index in [1.807, 2.05) is 28.8 Å². The van der Waals surface area contributed by atoms with Crippen molar-refractivity contribution in [3.63, 3.8) is 0 Å². The van der Waals surface area contributed by atoms with Gasteiger partial charge < -0.3 is 4.90 Å². The van der Waals surface area contributed by atoms with Crippen molar-refractivity contribution in [2.45, 2.75) is 31.8 Å². The maximum absolute atomic E-state index is 12.6. The fraction of sp³-hybridized carbons (Fsp3) is 0.333. The van der Waals surface area contributed by atoms with Crippen LogP contribution in [0.4, 0.5) is 0 Å². The van der Waals surface area contributed by atoms with Gasteiger partial charge in [0.1, 0.15) is 5.88 Å². The topological polar surface area (TPSA) is 38.1 Å². The molecule has 4 nitrogen and oxygen atoms in total. The Morgan fingerprint density at radius 2 is 2.08 bits per heavy atom. The number of amides is 1. The Morgan fingerprint density at radius 3 is 2.88 bits per heavy atom. The minimum Gasteiger partial charge on any atom is -0.334 e. The summed E-state index contributed by atoms with van der Waals surface area (Å²) >= 11 is 5.92. The van der Waals surface area contributed by atoms with Crippen molar-refractivity contribution in [2.75, 3.05) is 5.88 Å². The van der Waals surface area contributed by atoms with Crippen LogP contribution in [0.5, 0.6) is 0 Å². The molecule has 0 aliphatic heterocycles. The average molecular weight is 368 g/mol. The standard InChI is InChI=1S/C21H22ClN3O/c1-24-14-18-8-9-19(11-20(18)23-24)25(21(26)12-22)13-15-6-7-16-4-2-3-5-17(16)10-15/h2-7,10,14,19H,8-9,11-13H2,1H3. The van der Waals surface area contributed by atoms with Gasteiger partial charge in [-0.3, -0.25) is 9.48 Å². The van der Waals surface area contributed by atoms with Gasteiger partial charge in [-0.2, -0.15) is 5.10 Å². The zero-order valence-corrected chi connectivity index (χ0v) is 15.6. The Morgan fingerprint density at radius 1 is 1.27 bits per heavy atom. The van der Waals surface area contributed by atoms with E-state index in [0.29, 0.717) is 6.54 Å². The molecule has 26 heavy (non-hydrogen) atoms. The van der Waals surface area contributed by atoms with Gasteiger partial charge >= 0.3 is 0 Å². The second-order valence-corrected chi connectivity index (χ2v) is 7.28. The van der Waals surface area contributed by atoms with Gasteiger partial charge in [0.05, 0.1) is 5.69 Å². The second-order valence-electron chi connectivity index (χ2n) is 7.01. The van der Waals surface area contributed by atoms with E-state index in [9.17, 15) is 4.79 Å². The highest BCUT2D eigenvalue weighted by Crippen LogP contribution is 2.26. The SMILES string of the molecule is Cn1cc2c(n1)CC(N(Cc1ccc3ccccc3c1)C(=O)CCl)CC2. The summed E-state index contributed by atoms with van der Waals surface area (Å²) in [5.41, 5.74) is 3.54. The molecule has 0 radical (unpaired) electrons. The minimum atomic E-state index is -0.00999. The van der Waals surface area contributed by atoms with Crippen molar-refractivity contribution in [3.8, 4) is 0 Å². The van der Waals surface area contributed by atoms with Gasteiger partial charge in [-0.1, -0.05) is 36.4 Å². The Hall–Kier alpha value is -2.33. The van der Waals surface area contributed by atoms with E-state index >= 15 is 0 Å². The summed E-state index contributed by atoms with van der Waals surface area (Å²) in [6.45, 7) is 0.587. The number of aryl methyl sites for hydroxylation is 2. The van der Waals surface area contributed by atoms with Crippen LogP contribution in [-0.4, -0.2) is 32.5 Å². The molecule has 1 heterocycles. The van der Waals surface area contributed by atoms with Crippen LogP contribution in [0.3, 0.4) is 0 Å². The molecule has 2 aromatic carbocycles. The lowest BCUT2D eigenvalue weighted by Crippen LogP contribution is -2.43. The quantitative estimate of drug-likeness (QED) is 0.659. The summed E-state index contributed by atoms with van der Waals surface area (Å²) in [5, 5.41) is 6.97. The number of carbonyl (C=O) groups is 1. The summed E-state index contributed by atoms with van der Waals surface area (Å²) in [6, 6.07) is 14.8. The normalized spacial score (nSPS) is 16.5. The van der Waals surface area contributed by atoms with E-state index in [2.05, 4.69) is 41.6 Å². The first-order valence-electron chi connectivity index (χ1n) is 8.98. The predicted molar refractivity (Wildman–Crippen MR) is 104 cm³/mol. The first kappa shape index (κ1) is 17.1. The van der Waals surface area contributed by atoms with E-state index in [4.69, 9.17) is 11.6 Å². The summed E-state index contributed by atoms with van der Waals surface area (Å²) in [4.78, 5) is 14.5. The van der Waals surface area contributed by atoms with Crippen molar-refractivity contribution >= 4 is 28.3 Å². The molecule has 0 fully saturated rings. The molecule has 3 aromatic rings. The zero-order valence-electron chi connectivity index (χ0n) is 14.9. The number of nitrogens with zero attached hydrogens (tertiary/aromatic N) is 3. The lowest BCUT2D eigenvalue weighted by molar-refractivity contribution is -0.131. The van der Waals surface area contributed by atoms with E-state index in [0.717, 1.165) is 30.5 Å². The molecule has 1 aliphatic rings. The number of alkyl halides is 1. The number of carbonyl (C=O) groups excluding carboxylic acids is 1. The maximum Gasteiger partial charge on any atom is 0.238 e. The van der Waals surface area contributed by atoms with Gasteiger partial charge in [-0.25, -0.2) is 0 Å². The highest BCUT2D eigenvalue weighted by molar-refractivity contribution is 6.27. The van der Waals surface area contributed by atoms with Gasteiger partial charge in [0, 0.05) is 32.3 Å². The molecular weight excluding hydrogens is 346 g/mol. The molecule has 1 unspecified atom stereocenters. The fourth-order valence-corrected chi connectivity index (χ4v) is 4.06. The highest BCUT2D eigenvalue weighted by Gasteiger charge is 2.29. The van der Waals surface area contributed by atoms with Crippen LogP contribution in [0.15, 0.2) is 48.7 Å². The molecule has 5 heteroatoms. The van der Waals surface area contributed by atoms with E-state index in [1.165, 1.54) is 16.3 Å². The van der Waals surface area contributed by atoms with Crippen LogP contribution in [0.2, 0.25) is 0 Å². The number of aromatic nitrogens is 2. The van der Waals surface area contributed by atoms with Gasteiger partial charge in [-0.05, 0) is 40.8 Å². The molecule has 4 rings (SSSR count). The Labute approximate surface area is 158 Å². The number of halogens is 1. The van der Waals surface area contributed by atoms with Gasteiger partial charge in [0.2, 0.25) is 5.91 Å². The van der Waals surface area contributed by atoms with E-state index in [-0.39, 0.29) is 17.8 Å². The zero-order chi connectivity index (χ0) is 18.1. The van der Waals surface area contributed by atoms with Crippen LogP contribution in [0.25, 0.3) is 10.8 Å². The van der Waals surface area contributed by atoms with Crippen molar-refractivity contribution < 1.29 is 4.79 Å². The van der Waals surface area contributed by atoms with E-state index in [1.54, 1.807) is 0 Å². The van der Waals surface area contributed by atoms with Crippen LogP contribution >= 0.6 is 11.6 Å². The summed E-state index contributed by atoms with van der Waals surface area (Å²) < 4.78 is 1.87. The predicted octanol–water partition coefficient (Wildman–Crippen LogP) is 3.70. The summed E-state index contributed by atoms with van der Waals surface area (Å²) in [7, 11) is 1.95. The molecular formula is C21H22ClN3O. The Kier molecular flexibility index (Phi) is 4.68. The third-order valence-corrected chi connectivity index (χ3v) is 5.44. The largest absolute Gasteiger partial charge is 0.334 e. The monoisotopic (exact) mass is 367 g/mol. The van der Waals surface area contributed by atoms with Crippen molar-refractivity contribution in [2.24, 2.45) is 7.05 Å². The fourth-order valence-electron chi connectivity index (χ4n) is 3.91. The number of hydrogen-bond donors (Lipinski definition) is 0. The Balaban J connectivity index is 1.59. The third-order valence-electron chi connectivity index (χ3n) is 5.21. The van der Waals surface area contributed by atoms with Crippen LogP contribution in [0, 0.1) is 0 Å². The van der Waals surface area contributed by atoms with Crippen LogP contribution < -0.4 is 0 Å². The summed E-state index contributed by atoms with van der Waals surface area (Å²) in [5.74, 6) is 0.00306. The average Bonchev–Trinajstić information content (AvgIpc) is 3.04. The molecule has 1 aliphatic carbocycles. The van der Waals surface area contributed by atoms with Gasteiger partial charge in [-0.15, -0.1) is 11.6 Å². The Bertz CT molecular complexity index is 949. The third kappa shape index (κ3) is 3.34. The molecule has 0 bridgehead atoms. The first-order chi connectivity index (χ1) is 12.6. The van der Waals surface area contributed by atoms with E-state index < -0.39 is 0 Å². The molecule has 1 aromatic heterocycles. The number of rotatable bonds is 4. The molecule has 1 amide bonds. The number of benzene rings is 2. The first-order valence-corrected chi connectivity index (χ1v) is 9.52. The highest BCUT2D eigenvalue weighted by atomic mass is 35.5. The second kappa shape index (κ2) is 7.12. The van der Waals surface area contributed by atoms with Crippen LogP contribution in [0.1, 0.15) is 23.2 Å². The lowest BCUT2D eigenvalue weighted by Gasteiger charge is -2.33. The van der Waals surface area contributed by atoms with Gasteiger partial charge in [0.25, 0.3) is 0 Å². The lowest BCUT2D eigenvalue weighted by atomic mass is 9.92. The minimum absolute atomic E-state index is 0.00999. The number of hydrogen-bond acceptors (Lipinski definition) is 2. The molecule has 0 saturated carbocycles. The number of fused-ring (bicyclic) bond motifs is 2. The van der Waals surface area contributed by atoms with Crippen molar-refractivity contribution in [3.05, 3.63) is 65.5 Å². The molecule has 0 saturated heterocycles. The van der Waals surface area contributed by atoms with Crippen molar-refractivity contribution in [1.29, 1.82) is 0 Å². The smallest absolute Gasteiger partial charge is 0.238 e. The molecule has 0 spiro atoms. The molecule has 1 atom stereocenters. The molecule has 0 N–H and O–H groups in total. The van der Waals surface area contributed by atoms with Crippen LogP contribution in [-0.2, 0) is 31.2 Å². The maximum atomic E-state index is 12.6. The van der Waals surface area contributed by atoms with Gasteiger partial charge in [0.15, 0.2) is 0 Å². The summed E-state index contributed by atoms with van der Waals surface area (Å²) in [6.07, 6.45) is 4.79. The van der Waals surface area contributed by atoms with Crippen molar-refractivity contribution in [1.82, 2.24) is 14.7 Å². The molecule has 134 valence electrons.